The maximum absolute atomic E-state index is 12.2. The molecule has 2 aliphatic rings. The molecule has 2 heterocycles. The number of sulfone groups is 1. The molecule has 108 valence electrons. The van der Waals surface area contributed by atoms with Crippen LogP contribution >= 0.6 is 0 Å². The van der Waals surface area contributed by atoms with Crippen LogP contribution in [0.5, 0.6) is 0 Å². The van der Waals surface area contributed by atoms with Crippen molar-refractivity contribution >= 4 is 21.7 Å². The van der Waals surface area contributed by atoms with Gasteiger partial charge < -0.3 is 15.1 Å². The second-order valence-electron chi connectivity index (χ2n) is 5.09. The van der Waals surface area contributed by atoms with Gasteiger partial charge in [-0.2, -0.15) is 0 Å². The topological polar surface area (TPSA) is 112 Å². The Morgan fingerprint density at radius 1 is 1.21 bits per heavy atom. The first-order chi connectivity index (χ1) is 8.83. The number of likely N-dealkylation sites (tertiary alicyclic amines) is 1. The summed E-state index contributed by atoms with van der Waals surface area (Å²) in [6.07, 6.45) is 0.464. The van der Waals surface area contributed by atoms with Crippen molar-refractivity contribution in [2.45, 2.75) is 43.1 Å². The second kappa shape index (κ2) is 5.09. The van der Waals surface area contributed by atoms with Crippen LogP contribution in [-0.2, 0) is 19.4 Å². The fourth-order valence-corrected chi connectivity index (χ4v) is 4.57. The van der Waals surface area contributed by atoms with E-state index in [0.717, 1.165) is 4.90 Å². The lowest BCUT2D eigenvalue weighted by Crippen LogP contribution is -2.49. The Morgan fingerprint density at radius 2 is 1.89 bits per heavy atom. The highest BCUT2D eigenvalue weighted by atomic mass is 32.2. The number of carboxylic acids is 1. The number of carboxylic acid groups (broad SMARTS) is 1. The number of aliphatic carboxylic acids is 1. The molecule has 0 radical (unpaired) electrons. The number of hydrogen-bond acceptors (Lipinski definition) is 5. The van der Waals surface area contributed by atoms with Gasteiger partial charge in [0.25, 0.3) is 0 Å². The van der Waals surface area contributed by atoms with Gasteiger partial charge in [0.1, 0.15) is 11.3 Å². The summed E-state index contributed by atoms with van der Waals surface area (Å²) >= 11 is 0. The SMILES string of the molecule is O=C(O)C1CC(O)CN1C(=O)C1CCCCS1(=O)=O. The molecule has 0 saturated carbocycles. The van der Waals surface area contributed by atoms with Crippen LogP contribution in [0.25, 0.3) is 0 Å². The van der Waals surface area contributed by atoms with Gasteiger partial charge in [-0.05, 0) is 12.8 Å². The average molecular weight is 291 g/mol. The number of carbonyl (C=O) groups excluding carboxylic acids is 1. The summed E-state index contributed by atoms with van der Waals surface area (Å²) in [4.78, 5) is 24.3. The first kappa shape index (κ1) is 14.3. The average Bonchev–Trinajstić information content (AvgIpc) is 2.70. The Labute approximate surface area is 111 Å². The zero-order chi connectivity index (χ0) is 14.2. The first-order valence-corrected chi connectivity index (χ1v) is 7.97. The van der Waals surface area contributed by atoms with E-state index < -0.39 is 39.1 Å². The smallest absolute Gasteiger partial charge is 0.326 e. The van der Waals surface area contributed by atoms with E-state index in [-0.39, 0.29) is 25.1 Å². The van der Waals surface area contributed by atoms with Crippen LogP contribution in [-0.4, -0.2) is 65.1 Å². The third-order valence-corrected chi connectivity index (χ3v) is 5.86. The summed E-state index contributed by atoms with van der Waals surface area (Å²) in [7, 11) is -3.49. The number of hydrogen-bond donors (Lipinski definition) is 2. The molecular formula is C11H17NO6S. The third-order valence-electron chi connectivity index (χ3n) is 3.70. The van der Waals surface area contributed by atoms with E-state index in [4.69, 9.17) is 5.11 Å². The summed E-state index contributed by atoms with van der Waals surface area (Å²) in [5.74, 6) is -1.92. The predicted octanol–water partition coefficient (Wildman–Crippen LogP) is -1.000. The van der Waals surface area contributed by atoms with Crippen LogP contribution in [0, 0.1) is 0 Å². The van der Waals surface area contributed by atoms with Gasteiger partial charge in [-0.15, -0.1) is 0 Å². The molecule has 2 saturated heterocycles. The molecule has 19 heavy (non-hydrogen) atoms. The van der Waals surface area contributed by atoms with E-state index in [1.807, 2.05) is 0 Å². The maximum Gasteiger partial charge on any atom is 0.326 e. The van der Waals surface area contributed by atoms with Gasteiger partial charge in [-0.25, -0.2) is 13.2 Å². The van der Waals surface area contributed by atoms with Gasteiger partial charge in [0.15, 0.2) is 9.84 Å². The van der Waals surface area contributed by atoms with Gasteiger partial charge in [-0.3, -0.25) is 4.79 Å². The molecule has 3 unspecified atom stereocenters. The molecule has 3 atom stereocenters. The molecule has 2 N–H and O–H groups in total. The molecule has 2 rings (SSSR count). The summed E-state index contributed by atoms with van der Waals surface area (Å²) < 4.78 is 23.8. The van der Waals surface area contributed by atoms with E-state index >= 15 is 0 Å². The molecule has 0 aromatic rings. The number of amides is 1. The minimum Gasteiger partial charge on any atom is -0.480 e. The van der Waals surface area contributed by atoms with E-state index in [1.165, 1.54) is 0 Å². The van der Waals surface area contributed by atoms with Crippen molar-refractivity contribution in [3.05, 3.63) is 0 Å². The van der Waals surface area contributed by atoms with Crippen molar-refractivity contribution in [2.24, 2.45) is 0 Å². The van der Waals surface area contributed by atoms with Crippen LogP contribution in [0.15, 0.2) is 0 Å². The third kappa shape index (κ3) is 2.74. The monoisotopic (exact) mass is 291 g/mol. The number of rotatable bonds is 2. The van der Waals surface area contributed by atoms with E-state index in [1.54, 1.807) is 0 Å². The van der Waals surface area contributed by atoms with Crippen molar-refractivity contribution in [2.75, 3.05) is 12.3 Å². The lowest BCUT2D eigenvalue weighted by atomic mass is 10.1. The molecule has 8 heteroatoms. The normalized spacial score (nSPS) is 34.2. The van der Waals surface area contributed by atoms with Gasteiger partial charge in [0.2, 0.25) is 5.91 Å². The van der Waals surface area contributed by atoms with E-state index in [9.17, 15) is 23.1 Å². The van der Waals surface area contributed by atoms with E-state index in [0.29, 0.717) is 12.8 Å². The highest BCUT2D eigenvalue weighted by molar-refractivity contribution is 7.92. The molecule has 1 amide bonds. The second-order valence-corrected chi connectivity index (χ2v) is 7.39. The summed E-state index contributed by atoms with van der Waals surface area (Å²) in [5.41, 5.74) is 0. The first-order valence-electron chi connectivity index (χ1n) is 6.26. The molecule has 0 bridgehead atoms. The molecule has 2 fully saturated rings. The highest BCUT2D eigenvalue weighted by Gasteiger charge is 2.45. The lowest BCUT2D eigenvalue weighted by Gasteiger charge is -2.28. The fraction of sp³-hybridized carbons (Fsp3) is 0.818. The number of aliphatic hydroxyl groups excluding tert-OH is 1. The minimum atomic E-state index is -3.49. The molecular weight excluding hydrogens is 274 g/mol. The molecule has 0 spiro atoms. The van der Waals surface area contributed by atoms with Crippen molar-refractivity contribution in [1.82, 2.24) is 4.90 Å². The molecule has 0 aromatic heterocycles. The Balaban J connectivity index is 2.21. The van der Waals surface area contributed by atoms with Gasteiger partial charge in [-0.1, -0.05) is 6.42 Å². The summed E-state index contributed by atoms with van der Waals surface area (Å²) in [5, 5.41) is 17.4. The zero-order valence-electron chi connectivity index (χ0n) is 10.4. The number of nitrogens with zero attached hydrogens (tertiary/aromatic N) is 1. The van der Waals surface area contributed by atoms with Gasteiger partial charge in [0, 0.05) is 13.0 Å². The Kier molecular flexibility index (Phi) is 3.82. The highest BCUT2D eigenvalue weighted by Crippen LogP contribution is 2.26. The minimum absolute atomic E-state index is 0.0302. The molecule has 0 aliphatic carbocycles. The Hall–Kier alpha value is -1.15. The van der Waals surface area contributed by atoms with Crippen LogP contribution in [0.2, 0.25) is 0 Å². The maximum atomic E-state index is 12.2. The molecule has 0 aromatic carbocycles. The van der Waals surface area contributed by atoms with Crippen LogP contribution in [0.3, 0.4) is 0 Å². The summed E-state index contributed by atoms with van der Waals surface area (Å²) in [6, 6.07) is -1.13. The van der Waals surface area contributed by atoms with Crippen molar-refractivity contribution < 1.29 is 28.2 Å². The number of aliphatic hydroxyl groups is 1. The van der Waals surface area contributed by atoms with Crippen LogP contribution in [0.4, 0.5) is 0 Å². The molecule has 2 aliphatic heterocycles. The van der Waals surface area contributed by atoms with Crippen LogP contribution < -0.4 is 0 Å². The van der Waals surface area contributed by atoms with E-state index in [2.05, 4.69) is 0 Å². The standard InChI is InChI=1S/C11H17NO6S/c13-7-5-8(11(15)16)12(6-7)10(14)9-3-1-2-4-19(9,17)18/h7-9,13H,1-6H2,(H,15,16). The quantitative estimate of drug-likeness (QED) is 0.675. The van der Waals surface area contributed by atoms with Gasteiger partial charge in [0.05, 0.1) is 11.9 Å². The number of β-amino-alcohol motifs (C(OH)–C–C–N with tert-alkyl or cyclic N) is 1. The molecule has 7 nitrogen and oxygen atoms in total. The zero-order valence-corrected chi connectivity index (χ0v) is 11.2. The van der Waals surface area contributed by atoms with Crippen LogP contribution in [0.1, 0.15) is 25.7 Å². The summed E-state index contributed by atoms with van der Waals surface area (Å²) in [6.45, 7) is -0.109. The Morgan fingerprint density at radius 3 is 2.47 bits per heavy atom. The van der Waals surface area contributed by atoms with Crippen molar-refractivity contribution in [1.29, 1.82) is 0 Å². The van der Waals surface area contributed by atoms with Gasteiger partial charge >= 0.3 is 5.97 Å². The largest absolute Gasteiger partial charge is 0.480 e. The van der Waals surface area contributed by atoms with Crippen molar-refractivity contribution in [3.63, 3.8) is 0 Å². The predicted molar refractivity (Wildman–Crippen MR) is 65.2 cm³/mol. The lowest BCUT2D eigenvalue weighted by molar-refractivity contribution is -0.148. The fourth-order valence-electron chi connectivity index (χ4n) is 2.71. The van der Waals surface area contributed by atoms with Crippen molar-refractivity contribution in [3.8, 4) is 0 Å². The number of carbonyl (C=O) groups is 2. The Bertz CT molecular complexity index is 487.